The van der Waals surface area contributed by atoms with Gasteiger partial charge in [0.1, 0.15) is 36.2 Å². The van der Waals surface area contributed by atoms with Crippen LogP contribution in [0.2, 0.25) is 0 Å². The molecule has 0 bridgehead atoms. The van der Waals surface area contributed by atoms with Crippen LogP contribution in [0.25, 0.3) is 11.3 Å². The van der Waals surface area contributed by atoms with Crippen LogP contribution in [0.4, 0.5) is 13.2 Å². The van der Waals surface area contributed by atoms with Crippen molar-refractivity contribution in [2.75, 3.05) is 12.9 Å². The van der Waals surface area contributed by atoms with E-state index < -0.39 is 76.4 Å². The normalized spacial score (nSPS) is 24.1. The Morgan fingerprint density at radius 2 is 1.75 bits per heavy atom. The van der Waals surface area contributed by atoms with E-state index in [2.05, 4.69) is 10.3 Å². The van der Waals surface area contributed by atoms with Crippen molar-refractivity contribution < 1.29 is 56.3 Å². The zero-order chi connectivity index (χ0) is 29.4. The van der Waals surface area contributed by atoms with Crippen LogP contribution < -0.4 is 0 Å². The summed E-state index contributed by atoms with van der Waals surface area (Å²) in [6, 6.07) is 5.31. The number of carboxylic acids is 1. The second-order valence-electron chi connectivity index (χ2n) is 9.12. The number of aliphatic hydroxyl groups excluding tert-OH is 3. The average molecular weight is 588 g/mol. The molecule has 4 N–H and O–H groups in total. The number of sulfone groups is 1. The number of nitrogens with zero attached hydrogens (tertiary/aromatic N) is 3. The summed E-state index contributed by atoms with van der Waals surface area (Å²) in [6.45, 7) is -1.13. The third-order valence-corrected chi connectivity index (χ3v) is 7.48. The number of aliphatic hydroxyl groups is 3. The van der Waals surface area contributed by atoms with Crippen LogP contribution in [-0.2, 0) is 30.7 Å². The van der Waals surface area contributed by atoms with E-state index in [1.807, 2.05) is 0 Å². The predicted molar refractivity (Wildman–Crippen MR) is 128 cm³/mol. The van der Waals surface area contributed by atoms with Gasteiger partial charge in [0.25, 0.3) is 0 Å². The molecule has 0 amide bonds. The van der Waals surface area contributed by atoms with Gasteiger partial charge in [-0.15, -0.1) is 5.10 Å². The van der Waals surface area contributed by atoms with E-state index in [0.29, 0.717) is 17.7 Å². The summed E-state index contributed by atoms with van der Waals surface area (Å²) in [5, 5.41) is 48.9. The molecule has 0 spiro atoms. The van der Waals surface area contributed by atoms with E-state index in [1.54, 1.807) is 0 Å². The highest BCUT2D eigenvalue weighted by Crippen LogP contribution is 2.33. The van der Waals surface area contributed by atoms with E-state index >= 15 is 0 Å². The summed E-state index contributed by atoms with van der Waals surface area (Å²) < 4.78 is 75.9. The summed E-state index contributed by atoms with van der Waals surface area (Å²) in [5.41, 5.74) is 0.0332. The Morgan fingerprint density at radius 1 is 1.12 bits per heavy atom. The molecule has 12 nitrogen and oxygen atoms in total. The van der Waals surface area contributed by atoms with Crippen LogP contribution in [0, 0.1) is 17.5 Å². The monoisotopic (exact) mass is 587 g/mol. The number of carbonyl (C=O) groups is 1. The van der Waals surface area contributed by atoms with Crippen molar-refractivity contribution in [2.45, 2.75) is 48.1 Å². The molecule has 1 aliphatic heterocycles. The standard InChI is InChI=1S/C24H24F3N3O9S/c1-40(36,37)13-4-2-11(3-5-13)10-38-23(24(34)35)22-21(33)19(20(32)17(9-31)39-22)30-8-16(28-29-30)12-6-14(25)18(27)15(26)7-12/h2-8,17,19-23,31-33H,9-10H2,1H3,(H,34,35)/t17?,19-,20-,21?,22+,23-/m0/s1. The minimum atomic E-state index is -3.46. The highest BCUT2D eigenvalue weighted by molar-refractivity contribution is 7.90. The highest BCUT2D eigenvalue weighted by Gasteiger charge is 2.50. The molecule has 16 heteroatoms. The second-order valence-corrected chi connectivity index (χ2v) is 11.1. The van der Waals surface area contributed by atoms with Gasteiger partial charge in [0, 0.05) is 11.8 Å². The number of rotatable bonds is 9. The van der Waals surface area contributed by atoms with Gasteiger partial charge in [0.15, 0.2) is 33.4 Å². The fourth-order valence-corrected chi connectivity index (χ4v) is 4.91. The molecule has 40 heavy (non-hydrogen) atoms. The van der Waals surface area contributed by atoms with Crippen LogP contribution in [0.3, 0.4) is 0 Å². The Morgan fingerprint density at radius 3 is 2.30 bits per heavy atom. The molecule has 2 unspecified atom stereocenters. The molecule has 0 radical (unpaired) electrons. The number of halogens is 3. The quantitative estimate of drug-likeness (QED) is 0.255. The third-order valence-electron chi connectivity index (χ3n) is 6.35. The van der Waals surface area contributed by atoms with E-state index in [4.69, 9.17) is 9.47 Å². The summed E-state index contributed by atoms with van der Waals surface area (Å²) in [7, 11) is -3.46. The molecule has 2 aromatic carbocycles. The van der Waals surface area contributed by atoms with E-state index in [0.717, 1.165) is 17.1 Å². The number of aromatic nitrogens is 3. The van der Waals surface area contributed by atoms with Gasteiger partial charge in [-0.05, 0) is 29.8 Å². The average Bonchev–Trinajstić information content (AvgIpc) is 3.37. The maximum atomic E-state index is 13.7. The summed E-state index contributed by atoms with van der Waals surface area (Å²) in [6.07, 6.45) is -6.26. The lowest BCUT2D eigenvalue weighted by molar-refractivity contribution is -0.238. The largest absolute Gasteiger partial charge is 0.479 e. The van der Waals surface area contributed by atoms with Gasteiger partial charge in [-0.25, -0.2) is 31.1 Å². The van der Waals surface area contributed by atoms with Crippen LogP contribution in [0.15, 0.2) is 47.5 Å². The van der Waals surface area contributed by atoms with Gasteiger partial charge in [-0.3, -0.25) is 0 Å². The SMILES string of the molecule is CS(=O)(=O)c1ccc(CO[C@H](C(=O)O)[C@@H]2OC(CO)[C@H](O)[C@H](n3cc(-c4cc(F)c(F)c(F)c4)nn3)C2O)cc1. The molecule has 4 rings (SSSR count). The van der Waals surface area contributed by atoms with Crippen LogP contribution in [-0.4, -0.2) is 93.2 Å². The van der Waals surface area contributed by atoms with E-state index in [-0.39, 0.29) is 22.8 Å². The number of benzene rings is 2. The van der Waals surface area contributed by atoms with Gasteiger partial charge in [-0.2, -0.15) is 0 Å². The van der Waals surface area contributed by atoms with Crippen molar-refractivity contribution in [3.8, 4) is 11.3 Å². The fraction of sp³-hybridized carbons (Fsp3) is 0.375. The first-order valence-corrected chi connectivity index (χ1v) is 13.5. The van der Waals surface area contributed by atoms with Gasteiger partial charge in [-0.1, -0.05) is 17.3 Å². The molecular formula is C24H24F3N3O9S. The number of aliphatic carboxylic acids is 1. The summed E-state index contributed by atoms with van der Waals surface area (Å²) >= 11 is 0. The molecule has 1 aliphatic rings. The first-order chi connectivity index (χ1) is 18.8. The molecular weight excluding hydrogens is 563 g/mol. The van der Waals surface area contributed by atoms with E-state index in [1.165, 1.54) is 24.3 Å². The Balaban J connectivity index is 1.59. The van der Waals surface area contributed by atoms with Crippen molar-refractivity contribution in [2.24, 2.45) is 0 Å². The molecule has 0 aliphatic carbocycles. The molecule has 3 aromatic rings. The summed E-state index contributed by atoms with van der Waals surface area (Å²) in [4.78, 5) is 12.1. The number of hydrogen-bond donors (Lipinski definition) is 4. The lowest BCUT2D eigenvalue weighted by Gasteiger charge is -2.43. The third kappa shape index (κ3) is 6.01. The molecule has 0 saturated carbocycles. The Bertz CT molecular complexity index is 1460. The maximum absolute atomic E-state index is 13.7. The van der Waals surface area contributed by atoms with Crippen molar-refractivity contribution in [1.82, 2.24) is 15.0 Å². The summed E-state index contributed by atoms with van der Waals surface area (Å²) in [5.74, 6) is -6.21. The first-order valence-electron chi connectivity index (χ1n) is 11.6. The molecule has 6 atom stereocenters. The topological polar surface area (TPSA) is 181 Å². The lowest BCUT2D eigenvalue weighted by atomic mass is 9.90. The minimum absolute atomic E-state index is 0.0398. The highest BCUT2D eigenvalue weighted by atomic mass is 32.2. The zero-order valence-electron chi connectivity index (χ0n) is 20.6. The van der Waals surface area contributed by atoms with Gasteiger partial charge in [0.2, 0.25) is 0 Å². The van der Waals surface area contributed by atoms with Crippen molar-refractivity contribution in [3.05, 3.63) is 65.6 Å². The van der Waals surface area contributed by atoms with E-state index in [9.17, 15) is 46.8 Å². The smallest absolute Gasteiger partial charge is 0.335 e. The fourth-order valence-electron chi connectivity index (χ4n) is 4.28. The predicted octanol–water partition coefficient (Wildman–Crippen LogP) is 0.459. The number of ether oxygens (including phenoxy) is 2. The molecule has 1 aromatic heterocycles. The minimum Gasteiger partial charge on any atom is -0.479 e. The van der Waals surface area contributed by atoms with Crippen LogP contribution in [0.5, 0.6) is 0 Å². The lowest BCUT2D eigenvalue weighted by Crippen LogP contribution is -2.60. The van der Waals surface area contributed by atoms with Crippen molar-refractivity contribution in [3.63, 3.8) is 0 Å². The molecule has 1 saturated heterocycles. The van der Waals surface area contributed by atoms with Crippen LogP contribution in [0.1, 0.15) is 11.6 Å². The van der Waals surface area contributed by atoms with Gasteiger partial charge < -0.3 is 29.9 Å². The molecule has 1 fully saturated rings. The Hall–Kier alpha value is -3.41. The number of hydrogen-bond acceptors (Lipinski definition) is 10. The van der Waals surface area contributed by atoms with Crippen molar-refractivity contribution >= 4 is 15.8 Å². The Labute approximate surface area is 225 Å². The maximum Gasteiger partial charge on any atom is 0.335 e. The first kappa shape index (κ1) is 29.6. The zero-order valence-corrected chi connectivity index (χ0v) is 21.5. The number of carboxylic acid groups (broad SMARTS) is 1. The molecule has 216 valence electrons. The van der Waals surface area contributed by atoms with Crippen molar-refractivity contribution in [1.29, 1.82) is 0 Å². The van der Waals surface area contributed by atoms with Gasteiger partial charge in [0.05, 0.1) is 24.3 Å². The Kier molecular flexibility index (Phi) is 8.57. The van der Waals surface area contributed by atoms with Gasteiger partial charge >= 0.3 is 5.97 Å². The molecule has 2 heterocycles. The second kappa shape index (κ2) is 11.6. The van der Waals surface area contributed by atoms with Crippen LogP contribution >= 0.6 is 0 Å².